The highest BCUT2D eigenvalue weighted by Crippen LogP contribution is 2.20. The molecule has 3 rings (SSSR count). The van der Waals surface area contributed by atoms with Crippen LogP contribution in [0.15, 0.2) is 18.6 Å². The van der Waals surface area contributed by atoms with Crippen LogP contribution in [0, 0.1) is 0 Å². The molecule has 0 radical (unpaired) electrons. The van der Waals surface area contributed by atoms with E-state index in [9.17, 15) is 4.79 Å². The molecule has 0 spiro atoms. The van der Waals surface area contributed by atoms with Crippen molar-refractivity contribution in [2.45, 2.75) is 19.3 Å². The van der Waals surface area contributed by atoms with Gasteiger partial charge in [0.2, 0.25) is 0 Å². The Kier molecular flexibility index (Phi) is 3.30. The molecule has 106 valence electrons. The first-order chi connectivity index (χ1) is 9.68. The molecule has 0 saturated carbocycles. The second-order valence-corrected chi connectivity index (χ2v) is 5.36. The highest BCUT2D eigenvalue weighted by atomic mass is 16.2. The molecular weight excluding hydrogens is 254 g/mol. The van der Waals surface area contributed by atoms with E-state index in [-0.39, 0.29) is 5.91 Å². The van der Waals surface area contributed by atoms with Crippen molar-refractivity contribution in [1.29, 1.82) is 0 Å². The molecule has 20 heavy (non-hydrogen) atoms. The number of amides is 1. The Hall–Kier alpha value is -2.11. The Balaban J connectivity index is 2.14. The van der Waals surface area contributed by atoms with Crippen molar-refractivity contribution >= 4 is 16.9 Å². The molecule has 0 N–H and O–H groups in total. The Morgan fingerprint density at radius 1 is 1.25 bits per heavy atom. The van der Waals surface area contributed by atoms with Crippen LogP contribution < -0.4 is 5.01 Å². The molecular formula is C14H19N5O. The molecule has 0 bridgehead atoms. The molecule has 1 saturated heterocycles. The van der Waals surface area contributed by atoms with Crippen LogP contribution in [0.3, 0.4) is 0 Å². The molecule has 3 heterocycles. The Morgan fingerprint density at radius 3 is 2.70 bits per heavy atom. The monoisotopic (exact) mass is 273 g/mol. The number of nitrogens with zero attached hydrogens (tertiary/aromatic N) is 5. The van der Waals surface area contributed by atoms with E-state index in [1.807, 2.05) is 10.7 Å². The molecule has 1 fully saturated rings. The zero-order valence-electron chi connectivity index (χ0n) is 11.9. The lowest BCUT2D eigenvalue weighted by molar-refractivity contribution is 0.0816. The van der Waals surface area contributed by atoms with Gasteiger partial charge in [0.1, 0.15) is 12.0 Å². The normalized spacial score (nSPS) is 15.6. The first-order valence-corrected chi connectivity index (χ1v) is 6.97. The number of hydrogen-bond acceptors (Lipinski definition) is 4. The van der Waals surface area contributed by atoms with Gasteiger partial charge >= 0.3 is 0 Å². The smallest absolute Gasteiger partial charge is 0.272 e. The molecule has 0 unspecified atom stereocenters. The van der Waals surface area contributed by atoms with Crippen molar-refractivity contribution in [3.05, 3.63) is 24.3 Å². The predicted molar refractivity (Wildman–Crippen MR) is 77.3 cm³/mol. The molecule has 0 aliphatic carbocycles. The summed E-state index contributed by atoms with van der Waals surface area (Å²) in [4.78, 5) is 22.4. The van der Waals surface area contributed by atoms with Gasteiger partial charge in [-0.1, -0.05) is 0 Å². The zero-order valence-corrected chi connectivity index (χ0v) is 11.9. The number of hydrogen-bond donors (Lipinski definition) is 0. The van der Waals surface area contributed by atoms with Gasteiger partial charge in [0.05, 0.1) is 0 Å². The van der Waals surface area contributed by atoms with Gasteiger partial charge in [-0.15, -0.1) is 0 Å². The summed E-state index contributed by atoms with van der Waals surface area (Å²) in [6, 6.07) is 1.88. The van der Waals surface area contributed by atoms with Crippen molar-refractivity contribution in [2.24, 2.45) is 0 Å². The van der Waals surface area contributed by atoms with Gasteiger partial charge < -0.3 is 9.91 Å². The van der Waals surface area contributed by atoms with E-state index < -0.39 is 0 Å². The minimum atomic E-state index is -0.00595. The first kappa shape index (κ1) is 12.9. The summed E-state index contributed by atoms with van der Waals surface area (Å²) in [6.45, 7) is 1.92. The van der Waals surface area contributed by atoms with E-state index in [0.29, 0.717) is 5.69 Å². The zero-order chi connectivity index (χ0) is 14.1. The molecule has 1 amide bonds. The fourth-order valence-corrected chi connectivity index (χ4v) is 2.68. The predicted octanol–water partition coefficient (Wildman–Crippen LogP) is 1.25. The van der Waals surface area contributed by atoms with Crippen LogP contribution in [-0.4, -0.2) is 52.6 Å². The Bertz CT molecular complexity index is 628. The van der Waals surface area contributed by atoms with E-state index in [2.05, 4.69) is 15.0 Å². The van der Waals surface area contributed by atoms with Crippen LogP contribution in [0.4, 0.5) is 0 Å². The quantitative estimate of drug-likeness (QED) is 0.826. The summed E-state index contributed by atoms with van der Waals surface area (Å²) >= 11 is 0. The average Bonchev–Trinajstić information content (AvgIpc) is 2.86. The second kappa shape index (κ2) is 5.11. The number of carbonyl (C=O) groups is 1. The average molecular weight is 273 g/mol. The van der Waals surface area contributed by atoms with Crippen LogP contribution in [-0.2, 0) is 0 Å². The molecule has 2 aromatic heterocycles. The minimum absolute atomic E-state index is 0.00595. The number of rotatable bonds is 2. The van der Waals surface area contributed by atoms with Crippen LogP contribution >= 0.6 is 0 Å². The molecule has 0 aromatic carbocycles. The summed E-state index contributed by atoms with van der Waals surface area (Å²) in [5, 5.41) is 3.12. The van der Waals surface area contributed by atoms with Crippen molar-refractivity contribution in [3.8, 4) is 0 Å². The summed E-state index contributed by atoms with van der Waals surface area (Å²) in [7, 11) is 3.54. The number of fused-ring (bicyclic) bond motifs is 1. The van der Waals surface area contributed by atoms with E-state index in [1.54, 1.807) is 25.2 Å². The lowest BCUT2D eigenvalue weighted by Gasteiger charge is -2.31. The second-order valence-electron chi connectivity index (χ2n) is 5.36. The maximum atomic E-state index is 12.4. The van der Waals surface area contributed by atoms with Crippen LogP contribution in [0.2, 0.25) is 0 Å². The Labute approximate surface area is 118 Å². The topological polar surface area (TPSA) is 54.3 Å². The molecule has 2 aromatic rings. The first-order valence-electron chi connectivity index (χ1n) is 6.97. The highest BCUT2D eigenvalue weighted by Gasteiger charge is 2.23. The van der Waals surface area contributed by atoms with Gasteiger partial charge in [0.25, 0.3) is 5.91 Å². The standard InChI is InChI=1S/C14H19N5O/c1-17(2)14(20)12-8-11-9-15-10-16-13(11)19(12)18-6-4-3-5-7-18/h8-10H,3-7H2,1-2H3. The van der Waals surface area contributed by atoms with Crippen LogP contribution in [0.25, 0.3) is 11.0 Å². The third-order valence-corrected chi connectivity index (χ3v) is 3.68. The van der Waals surface area contributed by atoms with Gasteiger partial charge in [0.15, 0.2) is 5.65 Å². The number of piperidine rings is 1. The number of carbonyl (C=O) groups excluding carboxylic acids is 1. The largest absolute Gasteiger partial charge is 0.343 e. The van der Waals surface area contributed by atoms with Gasteiger partial charge in [-0.25, -0.2) is 14.6 Å². The van der Waals surface area contributed by atoms with Crippen molar-refractivity contribution < 1.29 is 4.79 Å². The van der Waals surface area contributed by atoms with Gasteiger partial charge in [0, 0.05) is 38.8 Å². The lowest BCUT2D eigenvalue weighted by atomic mass is 10.2. The molecule has 1 aliphatic rings. The minimum Gasteiger partial charge on any atom is -0.343 e. The molecule has 6 heteroatoms. The third kappa shape index (κ3) is 2.11. The maximum absolute atomic E-state index is 12.4. The summed E-state index contributed by atoms with van der Waals surface area (Å²) in [5.41, 5.74) is 1.47. The Morgan fingerprint density at radius 2 is 2.00 bits per heavy atom. The van der Waals surface area contributed by atoms with Gasteiger partial charge in [-0.05, 0) is 25.3 Å². The van der Waals surface area contributed by atoms with Crippen LogP contribution in [0.5, 0.6) is 0 Å². The summed E-state index contributed by atoms with van der Waals surface area (Å²) in [6.07, 6.45) is 6.85. The van der Waals surface area contributed by atoms with E-state index in [0.717, 1.165) is 37.0 Å². The fourth-order valence-electron chi connectivity index (χ4n) is 2.68. The van der Waals surface area contributed by atoms with Gasteiger partial charge in [-0.2, -0.15) is 0 Å². The molecule has 1 aliphatic heterocycles. The molecule has 6 nitrogen and oxygen atoms in total. The van der Waals surface area contributed by atoms with E-state index in [1.165, 1.54) is 12.7 Å². The SMILES string of the molecule is CN(C)C(=O)c1cc2cncnc2n1N1CCCCC1. The van der Waals surface area contributed by atoms with E-state index >= 15 is 0 Å². The van der Waals surface area contributed by atoms with Crippen LogP contribution in [0.1, 0.15) is 29.8 Å². The third-order valence-electron chi connectivity index (χ3n) is 3.68. The van der Waals surface area contributed by atoms with Gasteiger partial charge in [-0.3, -0.25) is 4.79 Å². The molecule has 0 atom stereocenters. The maximum Gasteiger partial charge on any atom is 0.272 e. The van der Waals surface area contributed by atoms with Crippen molar-refractivity contribution in [3.63, 3.8) is 0 Å². The lowest BCUT2D eigenvalue weighted by Crippen LogP contribution is -2.42. The fraction of sp³-hybridized carbons (Fsp3) is 0.500. The summed E-state index contributed by atoms with van der Waals surface area (Å²) in [5.74, 6) is -0.00595. The van der Waals surface area contributed by atoms with E-state index in [4.69, 9.17) is 0 Å². The number of aromatic nitrogens is 3. The van der Waals surface area contributed by atoms with Crippen molar-refractivity contribution in [1.82, 2.24) is 19.5 Å². The van der Waals surface area contributed by atoms with Crippen molar-refractivity contribution in [2.75, 3.05) is 32.2 Å². The highest BCUT2D eigenvalue weighted by molar-refractivity contribution is 5.97. The summed E-state index contributed by atoms with van der Waals surface area (Å²) < 4.78 is 1.97.